The molecule has 1 N–H and O–H groups in total. The maximum atomic E-state index is 12.7. The summed E-state index contributed by atoms with van der Waals surface area (Å²) in [5.74, 6) is -0.417. The topological polar surface area (TPSA) is 78.2 Å². The number of nitrogens with zero attached hydrogens (tertiary/aromatic N) is 3. The molecule has 3 aromatic rings. The molecule has 0 atom stereocenters. The second-order valence-corrected chi connectivity index (χ2v) is 8.07. The standard InChI is InChI=1S/C19H17F3N4O3S2/c1-2-6-26-16-15(31-18(26)30)17(28)25(11-24-16)9-14(27)23-8-12-4-3-5-13(7-12)29-10-19(20,21)22/h2-5,7,11H,1,6,8-10H2,(H,23,27). The zero-order valence-electron chi connectivity index (χ0n) is 16.0. The van der Waals surface area contributed by atoms with Gasteiger partial charge in [-0.1, -0.05) is 29.5 Å². The molecule has 0 aliphatic heterocycles. The highest BCUT2D eigenvalue weighted by Gasteiger charge is 2.28. The molecule has 31 heavy (non-hydrogen) atoms. The summed E-state index contributed by atoms with van der Waals surface area (Å²) < 4.78 is 45.2. The Hall–Kier alpha value is -2.99. The van der Waals surface area contributed by atoms with Gasteiger partial charge in [0.05, 0.1) is 0 Å². The van der Waals surface area contributed by atoms with E-state index in [1.165, 1.54) is 29.1 Å². The lowest BCUT2D eigenvalue weighted by Gasteiger charge is -2.11. The van der Waals surface area contributed by atoms with Crippen LogP contribution in [0.3, 0.4) is 0 Å². The van der Waals surface area contributed by atoms with Gasteiger partial charge in [0.2, 0.25) is 5.91 Å². The number of carbonyl (C=O) groups is 1. The molecular formula is C19H17F3N4O3S2. The molecule has 0 aliphatic carbocycles. The van der Waals surface area contributed by atoms with Crippen LogP contribution in [-0.2, 0) is 24.4 Å². The van der Waals surface area contributed by atoms with Crippen molar-refractivity contribution in [3.63, 3.8) is 0 Å². The molecule has 2 heterocycles. The predicted molar refractivity (Wildman–Crippen MR) is 113 cm³/mol. The monoisotopic (exact) mass is 470 g/mol. The number of halogens is 3. The zero-order valence-corrected chi connectivity index (χ0v) is 17.6. The normalized spacial score (nSPS) is 11.5. The van der Waals surface area contributed by atoms with Crippen LogP contribution >= 0.6 is 23.6 Å². The highest BCUT2D eigenvalue weighted by atomic mass is 32.1. The number of hydrogen-bond acceptors (Lipinski definition) is 6. The second-order valence-electron chi connectivity index (χ2n) is 6.43. The molecule has 0 spiro atoms. The minimum Gasteiger partial charge on any atom is -0.484 e. The smallest absolute Gasteiger partial charge is 0.422 e. The number of rotatable bonds is 8. The summed E-state index contributed by atoms with van der Waals surface area (Å²) in [4.78, 5) is 29.2. The lowest BCUT2D eigenvalue weighted by atomic mass is 10.2. The lowest BCUT2D eigenvalue weighted by molar-refractivity contribution is -0.153. The molecule has 0 aliphatic rings. The Balaban J connectivity index is 1.66. The number of fused-ring (bicyclic) bond motifs is 1. The van der Waals surface area contributed by atoms with Crippen molar-refractivity contribution in [2.45, 2.75) is 25.8 Å². The Morgan fingerprint density at radius 2 is 2.16 bits per heavy atom. The fraction of sp³-hybridized carbons (Fsp3) is 0.263. The molecule has 0 fully saturated rings. The van der Waals surface area contributed by atoms with Crippen molar-refractivity contribution >= 4 is 39.8 Å². The van der Waals surface area contributed by atoms with Gasteiger partial charge in [-0.05, 0) is 29.9 Å². The Morgan fingerprint density at radius 1 is 1.39 bits per heavy atom. The molecule has 12 heteroatoms. The van der Waals surface area contributed by atoms with E-state index in [-0.39, 0.29) is 24.4 Å². The van der Waals surface area contributed by atoms with Crippen LogP contribution in [-0.4, -0.2) is 32.8 Å². The molecule has 0 saturated carbocycles. The summed E-state index contributed by atoms with van der Waals surface area (Å²) >= 11 is 6.36. The van der Waals surface area contributed by atoms with Crippen molar-refractivity contribution in [2.24, 2.45) is 0 Å². The molecule has 0 unspecified atom stereocenters. The van der Waals surface area contributed by atoms with Gasteiger partial charge in [-0.2, -0.15) is 13.2 Å². The van der Waals surface area contributed by atoms with Crippen molar-refractivity contribution in [3.8, 4) is 5.75 Å². The molecule has 3 rings (SSSR count). The van der Waals surface area contributed by atoms with Gasteiger partial charge >= 0.3 is 6.18 Å². The van der Waals surface area contributed by atoms with Crippen molar-refractivity contribution in [1.29, 1.82) is 0 Å². The number of amides is 1. The highest BCUT2D eigenvalue weighted by molar-refractivity contribution is 7.73. The van der Waals surface area contributed by atoms with Crippen molar-refractivity contribution in [1.82, 2.24) is 19.4 Å². The first kappa shape index (κ1) is 22.7. The van der Waals surface area contributed by atoms with Gasteiger partial charge in [0, 0.05) is 13.1 Å². The molecule has 7 nitrogen and oxygen atoms in total. The number of nitrogens with one attached hydrogen (secondary N) is 1. The Morgan fingerprint density at radius 3 is 2.87 bits per heavy atom. The van der Waals surface area contributed by atoms with E-state index in [9.17, 15) is 22.8 Å². The van der Waals surface area contributed by atoms with Crippen LogP contribution < -0.4 is 15.6 Å². The number of benzene rings is 1. The summed E-state index contributed by atoms with van der Waals surface area (Å²) in [5, 5.41) is 2.62. The largest absolute Gasteiger partial charge is 0.484 e. The molecular weight excluding hydrogens is 453 g/mol. The van der Waals surface area contributed by atoms with Gasteiger partial charge in [-0.15, -0.1) is 6.58 Å². The van der Waals surface area contributed by atoms with E-state index in [0.29, 0.717) is 26.4 Å². The van der Waals surface area contributed by atoms with E-state index in [2.05, 4.69) is 16.9 Å². The van der Waals surface area contributed by atoms with E-state index in [0.717, 1.165) is 11.3 Å². The minimum absolute atomic E-state index is 0.0418. The molecule has 164 valence electrons. The number of alkyl halides is 3. The van der Waals surface area contributed by atoms with Gasteiger partial charge in [0.15, 0.2) is 16.2 Å². The number of ether oxygens (including phenoxy) is 1. The van der Waals surface area contributed by atoms with Crippen LogP contribution in [0.15, 0.2) is 48.0 Å². The van der Waals surface area contributed by atoms with Gasteiger partial charge in [-0.25, -0.2) is 4.98 Å². The van der Waals surface area contributed by atoms with E-state index in [4.69, 9.17) is 17.0 Å². The van der Waals surface area contributed by atoms with Crippen LogP contribution in [0, 0.1) is 3.95 Å². The lowest BCUT2D eigenvalue weighted by Crippen LogP contribution is -2.32. The molecule has 0 saturated heterocycles. The number of carbonyl (C=O) groups excluding carboxylic acids is 1. The summed E-state index contributed by atoms with van der Waals surface area (Å²) in [7, 11) is 0. The fourth-order valence-electron chi connectivity index (χ4n) is 2.70. The summed E-state index contributed by atoms with van der Waals surface area (Å²) in [5.41, 5.74) is 0.599. The fourth-order valence-corrected chi connectivity index (χ4v) is 4.01. The van der Waals surface area contributed by atoms with Crippen LogP contribution in [0.2, 0.25) is 0 Å². The quantitative estimate of drug-likeness (QED) is 0.403. The van der Waals surface area contributed by atoms with Crippen LogP contribution in [0.25, 0.3) is 10.3 Å². The Kier molecular flexibility index (Phi) is 6.91. The average Bonchev–Trinajstić information content (AvgIpc) is 3.03. The predicted octanol–water partition coefficient (Wildman–Crippen LogP) is 3.43. The summed E-state index contributed by atoms with van der Waals surface area (Å²) in [6, 6.07) is 5.96. The highest BCUT2D eigenvalue weighted by Crippen LogP contribution is 2.20. The maximum absolute atomic E-state index is 12.7. The first-order valence-corrected chi connectivity index (χ1v) is 10.2. The van der Waals surface area contributed by atoms with E-state index < -0.39 is 18.7 Å². The van der Waals surface area contributed by atoms with Crippen molar-refractivity contribution in [3.05, 3.63) is 63.1 Å². The van der Waals surface area contributed by atoms with Gasteiger partial charge in [-0.3, -0.25) is 14.2 Å². The summed E-state index contributed by atoms with van der Waals surface area (Å²) in [6.07, 6.45) is -1.52. The molecule has 0 radical (unpaired) electrons. The molecule has 2 aromatic heterocycles. The van der Waals surface area contributed by atoms with Crippen LogP contribution in [0.5, 0.6) is 5.75 Å². The Labute approximate surface area is 183 Å². The third-order valence-electron chi connectivity index (χ3n) is 4.06. The number of aromatic nitrogens is 3. The third-order valence-corrected chi connectivity index (χ3v) is 5.49. The third kappa shape index (κ3) is 5.79. The van der Waals surface area contributed by atoms with E-state index in [1.54, 1.807) is 16.7 Å². The first-order valence-electron chi connectivity index (χ1n) is 8.93. The maximum Gasteiger partial charge on any atom is 0.422 e. The molecule has 1 aromatic carbocycles. The number of hydrogen-bond donors (Lipinski definition) is 1. The van der Waals surface area contributed by atoms with E-state index in [1.807, 2.05) is 0 Å². The molecule has 1 amide bonds. The van der Waals surface area contributed by atoms with Gasteiger partial charge < -0.3 is 14.6 Å². The first-order chi connectivity index (χ1) is 14.7. The van der Waals surface area contributed by atoms with Crippen LogP contribution in [0.4, 0.5) is 13.2 Å². The number of allylic oxidation sites excluding steroid dienone is 1. The summed E-state index contributed by atoms with van der Waals surface area (Å²) in [6.45, 7) is 2.46. The minimum atomic E-state index is -4.44. The number of thiazole rings is 1. The van der Waals surface area contributed by atoms with Crippen molar-refractivity contribution < 1.29 is 22.7 Å². The molecule has 0 bridgehead atoms. The van der Waals surface area contributed by atoms with Crippen molar-refractivity contribution in [2.75, 3.05) is 6.61 Å². The zero-order chi connectivity index (χ0) is 22.6. The SMILES string of the molecule is C=CCn1c(=S)sc2c(=O)n(CC(=O)NCc3cccc(OCC(F)(F)F)c3)cnc21. The van der Waals surface area contributed by atoms with Gasteiger partial charge in [0.1, 0.15) is 23.3 Å². The average molecular weight is 470 g/mol. The van der Waals surface area contributed by atoms with E-state index >= 15 is 0 Å². The second kappa shape index (κ2) is 9.43. The Bertz CT molecular complexity index is 1230. The van der Waals surface area contributed by atoms with Gasteiger partial charge in [0.25, 0.3) is 5.56 Å². The van der Waals surface area contributed by atoms with Crippen LogP contribution in [0.1, 0.15) is 5.56 Å².